The normalized spacial score (nSPS) is 20.6. The Morgan fingerprint density at radius 2 is 2.13 bits per heavy atom. The quantitative estimate of drug-likeness (QED) is 0.903. The van der Waals surface area contributed by atoms with E-state index in [0.29, 0.717) is 6.54 Å². The lowest BCUT2D eigenvalue weighted by Crippen LogP contribution is -2.56. The van der Waals surface area contributed by atoms with Crippen LogP contribution in [0.5, 0.6) is 0 Å². The molecule has 1 aromatic heterocycles. The zero-order valence-corrected chi connectivity index (χ0v) is 14.1. The standard InChI is InChI=1S/C17H22N4O.ClH/c1-17(9-5-6-10-19-17)16(22)18-11-14-12-20-21(13-14)15-7-3-2-4-8-15;/h2-4,7-8,12-13,19H,5-6,9-11H2,1H3,(H,18,22);1H. The van der Waals surface area contributed by atoms with Crippen LogP contribution >= 0.6 is 12.4 Å². The van der Waals surface area contributed by atoms with E-state index in [0.717, 1.165) is 37.1 Å². The molecule has 0 aliphatic carbocycles. The van der Waals surface area contributed by atoms with Gasteiger partial charge in [-0.15, -0.1) is 12.4 Å². The van der Waals surface area contributed by atoms with Crippen molar-refractivity contribution in [3.05, 3.63) is 48.3 Å². The van der Waals surface area contributed by atoms with Crippen LogP contribution in [-0.2, 0) is 11.3 Å². The molecule has 124 valence electrons. The summed E-state index contributed by atoms with van der Waals surface area (Å²) in [4.78, 5) is 12.4. The average molecular weight is 335 g/mol. The van der Waals surface area contributed by atoms with Gasteiger partial charge >= 0.3 is 0 Å². The van der Waals surface area contributed by atoms with E-state index in [-0.39, 0.29) is 18.3 Å². The van der Waals surface area contributed by atoms with Crippen molar-refractivity contribution in [3.63, 3.8) is 0 Å². The number of hydrogen-bond acceptors (Lipinski definition) is 3. The SMILES string of the molecule is CC1(C(=O)NCc2cnn(-c3ccccc3)c2)CCCCN1.Cl. The second-order valence-corrected chi connectivity index (χ2v) is 6.03. The van der Waals surface area contributed by atoms with E-state index >= 15 is 0 Å². The van der Waals surface area contributed by atoms with Crippen molar-refractivity contribution in [2.75, 3.05) is 6.54 Å². The van der Waals surface area contributed by atoms with E-state index in [1.807, 2.05) is 48.1 Å². The van der Waals surface area contributed by atoms with Crippen LogP contribution in [-0.4, -0.2) is 27.8 Å². The molecule has 23 heavy (non-hydrogen) atoms. The van der Waals surface area contributed by atoms with Crippen molar-refractivity contribution in [2.24, 2.45) is 0 Å². The van der Waals surface area contributed by atoms with Gasteiger partial charge in [0.15, 0.2) is 0 Å². The Morgan fingerprint density at radius 3 is 2.83 bits per heavy atom. The van der Waals surface area contributed by atoms with Crippen LogP contribution in [0.25, 0.3) is 5.69 Å². The van der Waals surface area contributed by atoms with Crippen molar-refractivity contribution >= 4 is 18.3 Å². The minimum absolute atomic E-state index is 0. The highest BCUT2D eigenvalue weighted by Crippen LogP contribution is 2.19. The third-order valence-corrected chi connectivity index (χ3v) is 4.23. The maximum Gasteiger partial charge on any atom is 0.240 e. The summed E-state index contributed by atoms with van der Waals surface area (Å²) in [5.41, 5.74) is 1.57. The summed E-state index contributed by atoms with van der Waals surface area (Å²) < 4.78 is 1.82. The number of carbonyl (C=O) groups excluding carboxylic acids is 1. The molecule has 1 aromatic carbocycles. The van der Waals surface area contributed by atoms with E-state index in [9.17, 15) is 4.79 Å². The number of halogens is 1. The number of carbonyl (C=O) groups is 1. The third kappa shape index (κ3) is 4.12. The molecule has 1 aliphatic heterocycles. The fourth-order valence-corrected chi connectivity index (χ4v) is 2.80. The van der Waals surface area contributed by atoms with Gasteiger partial charge in [-0.2, -0.15) is 5.10 Å². The molecule has 1 fully saturated rings. The Hall–Kier alpha value is -1.85. The molecular formula is C17H23ClN4O. The lowest BCUT2D eigenvalue weighted by atomic mass is 9.90. The molecule has 3 rings (SSSR count). The summed E-state index contributed by atoms with van der Waals surface area (Å²) in [6, 6.07) is 9.94. The van der Waals surface area contributed by atoms with Crippen molar-refractivity contribution in [2.45, 2.75) is 38.3 Å². The van der Waals surface area contributed by atoms with Gasteiger partial charge in [0.2, 0.25) is 5.91 Å². The number of piperidine rings is 1. The van der Waals surface area contributed by atoms with Gasteiger partial charge in [0.05, 0.1) is 17.4 Å². The Morgan fingerprint density at radius 1 is 1.35 bits per heavy atom. The third-order valence-electron chi connectivity index (χ3n) is 4.23. The molecular weight excluding hydrogens is 312 g/mol. The Labute approximate surface area is 142 Å². The number of para-hydroxylation sites is 1. The van der Waals surface area contributed by atoms with E-state index in [1.54, 1.807) is 6.20 Å². The molecule has 0 radical (unpaired) electrons. The lowest BCUT2D eigenvalue weighted by molar-refractivity contribution is -0.128. The average Bonchev–Trinajstić information content (AvgIpc) is 3.03. The second kappa shape index (κ2) is 7.62. The number of amides is 1. The zero-order chi connectivity index (χ0) is 15.4. The van der Waals surface area contributed by atoms with E-state index in [1.165, 1.54) is 0 Å². The highest BCUT2D eigenvalue weighted by atomic mass is 35.5. The molecule has 1 saturated heterocycles. The molecule has 5 nitrogen and oxygen atoms in total. The van der Waals surface area contributed by atoms with Gasteiger partial charge < -0.3 is 10.6 Å². The molecule has 1 amide bonds. The van der Waals surface area contributed by atoms with Crippen LogP contribution in [0, 0.1) is 0 Å². The number of nitrogens with zero attached hydrogens (tertiary/aromatic N) is 2. The number of rotatable bonds is 4. The first-order valence-corrected chi connectivity index (χ1v) is 7.80. The van der Waals surface area contributed by atoms with Crippen LogP contribution in [0.1, 0.15) is 31.7 Å². The first-order valence-electron chi connectivity index (χ1n) is 7.80. The van der Waals surface area contributed by atoms with Gasteiger partial charge in [-0.25, -0.2) is 4.68 Å². The van der Waals surface area contributed by atoms with Crippen LogP contribution in [0.2, 0.25) is 0 Å². The predicted octanol–water partition coefficient (Wildman–Crippen LogP) is 2.44. The molecule has 0 spiro atoms. The van der Waals surface area contributed by atoms with Gasteiger partial charge in [0.25, 0.3) is 0 Å². The molecule has 0 saturated carbocycles. The molecule has 2 N–H and O–H groups in total. The summed E-state index contributed by atoms with van der Waals surface area (Å²) in [5, 5.41) is 10.7. The van der Waals surface area contributed by atoms with Crippen molar-refractivity contribution < 1.29 is 4.79 Å². The molecule has 1 unspecified atom stereocenters. The Balaban J connectivity index is 0.00000192. The smallest absolute Gasteiger partial charge is 0.240 e. The molecule has 2 heterocycles. The highest BCUT2D eigenvalue weighted by Gasteiger charge is 2.33. The Bertz CT molecular complexity index is 635. The molecule has 1 atom stereocenters. The monoisotopic (exact) mass is 334 g/mol. The fraction of sp³-hybridized carbons (Fsp3) is 0.412. The molecule has 0 bridgehead atoms. The number of hydrogen-bond donors (Lipinski definition) is 2. The molecule has 1 aliphatic rings. The minimum atomic E-state index is -0.437. The zero-order valence-electron chi connectivity index (χ0n) is 13.3. The first-order chi connectivity index (χ1) is 10.7. The first kappa shape index (κ1) is 17.5. The van der Waals surface area contributed by atoms with E-state index in [4.69, 9.17) is 0 Å². The van der Waals surface area contributed by atoms with Crippen LogP contribution in [0.3, 0.4) is 0 Å². The fourth-order valence-electron chi connectivity index (χ4n) is 2.80. The summed E-state index contributed by atoms with van der Waals surface area (Å²) >= 11 is 0. The van der Waals surface area contributed by atoms with Crippen LogP contribution in [0.4, 0.5) is 0 Å². The van der Waals surface area contributed by atoms with Gasteiger partial charge in [0, 0.05) is 18.3 Å². The van der Waals surface area contributed by atoms with Crippen molar-refractivity contribution in [1.29, 1.82) is 0 Å². The van der Waals surface area contributed by atoms with Gasteiger partial charge in [-0.1, -0.05) is 18.2 Å². The lowest BCUT2D eigenvalue weighted by Gasteiger charge is -2.33. The summed E-state index contributed by atoms with van der Waals surface area (Å²) in [7, 11) is 0. The number of nitrogens with one attached hydrogen (secondary N) is 2. The molecule has 6 heteroatoms. The maximum absolute atomic E-state index is 12.4. The number of benzene rings is 1. The van der Waals surface area contributed by atoms with Crippen molar-refractivity contribution in [3.8, 4) is 5.69 Å². The van der Waals surface area contributed by atoms with Crippen LogP contribution < -0.4 is 10.6 Å². The highest BCUT2D eigenvalue weighted by molar-refractivity contribution is 5.86. The minimum Gasteiger partial charge on any atom is -0.350 e. The number of aromatic nitrogens is 2. The van der Waals surface area contributed by atoms with E-state index in [2.05, 4.69) is 15.7 Å². The van der Waals surface area contributed by atoms with Gasteiger partial charge in [-0.3, -0.25) is 4.79 Å². The van der Waals surface area contributed by atoms with E-state index < -0.39 is 5.54 Å². The summed E-state index contributed by atoms with van der Waals surface area (Å²) in [6.45, 7) is 3.40. The Kier molecular flexibility index (Phi) is 5.80. The topological polar surface area (TPSA) is 59.0 Å². The van der Waals surface area contributed by atoms with Gasteiger partial charge in [-0.05, 0) is 44.9 Å². The van der Waals surface area contributed by atoms with Crippen molar-refractivity contribution in [1.82, 2.24) is 20.4 Å². The summed E-state index contributed by atoms with van der Waals surface area (Å²) in [6.07, 6.45) is 6.88. The van der Waals surface area contributed by atoms with Gasteiger partial charge in [0.1, 0.15) is 0 Å². The van der Waals surface area contributed by atoms with Crippen LogP contribution in [0.15, 0.2) is 42.7 Å². The molecule has 2 aromatic rings. The largest absolute Gasteiger partial charge is 0.350 e. The summed E-state index contributed by atoms with van der Waals surface area (Å²) in [5.74, 6) is 0.0691. The second-order valence-electron chi connectivity index (χ2n) is 6.03. The predicted molar refractivity (Wildman–Crippen MR) is 92.9 cm³/mol. The maximum atomic E-state index is 12.4.